The van der Waals surface area contributed by atoms with Gasteiger partial charge in [0, 0.05) is 39.9 Å². The summed E-state index contributed by atoms with van der Waals surface area (Å²) in [4.78, 5) is 64.0. The lowest BCUT2D eigenvalue weighted by molar-refractivity contribution is -0.172. The first-order chi connectivity index (χ1) is 19.2. The van der Waals surface area contributed by atoms with Crippen LogP contribution in [-0.4, -0.2) is 85.9 Å². The Labute approximate surface area is 248 Å². The second-order valence-electron chi connectivity index (χ2n) is 11.2. The Kier molecular flexibility index (Phi) is 15.2. The van der Waals surface area contributed by atoms with Crippen LogP contribution >= 0.6 is 12.4 Å². The number of rotatable bonds is 11. The minimum atomic E-state index is -1.24. The third kappa shape index (κ3) is 12.4. The van der Waals surface area contributed by atoms with Crippen molar-refractivity contribution in [2.45, 2.75) is 103 Å². The lowest BCUT2D eigenvalue weighted by Crippen LogP contribution is -2.52. The molecule has 1 aliphatic carbocycles. The molecule has 3 fully saturated rings. The molecule has 0 aromatic heterocycles. The molecule has 3 N–H and O–H groups in total. The molecule has 0 aromatic rings. The SMILES string of the molecule is CC(=O)N[C@@H](CNC(=O)[C@@H]1CCCN(C(=O)CCC2CCNCC2)C1)C(=O)OC(C)OC(=O)OC1CCCCC1.Cl. The van der Waals surface area contributed by atoms with Gasteiger partial charge in [0.25, 0.3) is 0 Å². The Morgan fingerprint density at radius 3 is 2.34 bits per heavy atom. The number of ether oxygens (including phenoxy) is 3. The molecule has 3 atom stereocenters. The van der Waals surface area contributed by atoms with E-state index < -0.39 is 36.3 Å². The summed E-state index contributed by atoms with van der Waals surface area (Å²) >= 11 is 0. The number of hydrogen-bond acceptors (Lipinski definition) is 9. The number of nitrogens with zero attached hydrogens (tertiary/aromatic N) is 1. The van der Waals surface area contributed by atoms with Crippen molar-refractivity contribution in [2.24, 2.45) is 11.8 Å². The predicted molar refractivity (Wildman–Crippen MR) is 152 cm³/mol. The van der Waals surface area contributed by atoms with Gasteiger partial charge in [0.05, 0.1) is 5.92 Å². The lowest BCUT2D eigenvalue weighted by Gasteiger charge is -2.33. The van der Waals surface area contributed by atoms with Crippen LogP contribution in [0.1, 0.15) is 84.5 Å². The average Bonchev–Trinajstić information content (AvgIpc) is 2.94. The number of esters is 1. The Balaban J connectivity index is 0.00000588. The molecular formula is C28H47ClN4O8. The molecule has 1 saturated carbocycles. The van der Waals surface area contributed by atoms with Gasteiger partial charge in [-0.2, -0.15) is 0 Å². The molecule has 1 unspecified atom stereocenters. The zero-order chi connectivity index (χ0) is 28.9. The Bertz CT molecular complexity index is 879. The molecule has 12 nitrogen and oxygen atoms in total. The van der Waals surface area contributed by atoms with Crippen molar-refractivity contribution in [1.82, 2.24) is 20.9 Å². The third-order valence-electron chi connectivity index (χ3n) is 7.87. The van der Waals surface area contributed by atoms with E-state index in [-0.39, 0.29) is 36.9 Å². The quantitative estimate of drug-likeness (QED) is 0.239. The van der Waals surface area contributed by atoms with Gasteiger partial charge in [0.15, 0.2) is 0 Å². The molecule has 3 amide bonds. The number of amides is 3. The summed E-state index contributed by atoms with van der Waals surface area (Å²) in [6.45, 7) is 5.39. The van der Waals surface area contributed by atoms with Crippen LogP contribution in [0.3, 0.4) is 0 Å². The van der Waals surface area contributed by atoms with Gasteiger partial charge >= 0.3 is 12.1 Å². The molecule has 234 valence electrons. The number of piperidine rings is 2. The van der Waals surface area contributed by atoms with Gasteiger partial charge in [-0.05, 0) is 76.8 Å². The van der Waals surface area contributed by atoms with Crippen LogP contribution in [0.15, 0.2) is 0 Å². The largest absolute Gasteiger partial charge is 0.511 e. The van der Waals surface area contributed by atoms with Gasteiger partial charge in [-0.3, -0.25) is 14.4 Å². The van der Waals surface area contributed by atoms with Crippen molar-refractivity contribution in [1.29, 1.82) is 0 Å². The van der Waals surface area contributed by atoms with Gasteiger partial charge in [-0.1, -0.05) is 6.42 Å². The summed E-state index contributed by atoms with van der Waals surface area (Å²) in [5, 5.41) is 8.52. The topological polar surface area (TPSA) is 152 Å². The summed E-state index contributed by atoms with van der Waals surface area (Å²) in [5.41, 5.74) is 0. The standard InChI is InChI=1S/C28H46N4O8.ClH/c1-19(33)31-24(27(36)38-20(2)39-28(37)40-23-8-4-3-5-9-23)17-30-26(35)22-7-6-16-32(18-22)25(34)11-10-21-12-14-29-15-13-21;/h20-24,29H,3-18H2,1-2H3,(H,30,35)(H,31,33);1H/t20?,22-,24+;/m1./s1. The average molecular weight is 603 g/mol. The molecule has 2 aliphatic heterocycles. The van der Waals surface area contributed by atoms with Crippen molar-refractivity contribution in [3.8, 4) is 0 Å². The molecule has 2 heterocycles. The Morgan fingerprint density at radius 2 is 1.66 bits per heavy atom. The summed E-state index contributed by atoms with van der Waals surface area (Å²) in [6.07, 6.45) is 7.18. The zero-order valence-corrected chi connectivity index (χ0v) is 25.1. The normalized spacial score (nSPS) is 21.4. The molecule has 3 aliphatic rings. The minimum Gasteiger partial charge on any atom is -0.431 e. The van der Waals surface area contributed by atoms with Crippen LogP contribution < -0.4 is 16.0 Å². The number of hydrogen-bond donors (Lipinski definition) is 3. The van der Waals surface area contributed by atoms with E-state index in [1.807, 2.05) is 0 Å². The van der Waals surface area contributed by atoms with Crippen LogP contribution in [0.25, 0.3) is 0 Å². The van der Waals surface area contributed by atoms with Crippen molar-refractivity contribution in [3.63, 3.8) is 0 Å². The van der Waals surface area contributed by atoms with Gasteiger partial charge in [0.1, 0.15) is 12.1 Å². The van der Waals surface area contributed by atoms with Gasteiger partial charge in [-0.25, -0.2) is 9.59 Å². The first-order valence-electron chi connectivity index (χ1n) is 14.8. The molecule has 3 rings (SSSR count). The molecule has 0 radical (unpaired) electrons. The van der Waals surface area contributed by atoms with Crippen molar-refractivity contribution >= 4 is 42.3 Å². The monoisotopic (exact) mass is 602 g/mol. The van der Waals surface area contributed by atoms with Crippen LogP contribution in [0.5, 0.6) is 0 Å². The van der Waals surface area contributed by atoms with E-state index in [1.54, 1.807) is 4.90 Å². The van der Waals surface area contributed by atoms with Crippen LogP contribution in [0.4, 0.5) is 4.79 Å². The highest BCUT2D eigenvalue weighted by Crippen LogP contribution is 2.22. The molecule has 41 heavy (non-hydrogen) atoms. The van der Waals surface area contributed by atoms with Crippen LogP contribution in [-0.2, 0) is 33.4 Å². The van der Waals surface area contributed by atoms with E-state index in [4.69, 9.17) is 14.2 Å². The number of halogens is 1. The van der Waals surface area contributed by atoms with Crippen molar-refractivity contribution < 1.29 is 38.2 Å². The fourth-order valence-electron chi connectivity index (χ4n) is 5.61. The third-order valence-corrected chi connectivity index (χ3v) is 7.87. The predicted octanol–water partition coefficient (Wildman–Crippen LogP) is 2.42. The maximum atomic E-state index is 12.9. The molecule has 0 aromatic carbocycles. The van der Waals surface area contributed by atoms with Crippen molar-refractivity contribution in [2.75, 3.05) is 32.7 Å². The Hall–Kier alpha value is -2.60. The highest BCUT2D eigenvalue weighted by molar-refractivity contribution is 5.86. The van der Waals surface area contributed by atoms with Crippen LogP contribution in [0.2, 0.25) is 0 Å². The number of carbonyl (C=O) groups excluding carboxylic acids is 5. The highest BCUT2D eigenvalue weighted by atomic mass is 35.5. The van der Waals surface area contributed by atoms with Gasteiger partial charge in [0.2, 0.25) is 24.0 Å². The molecule has 0 bridgehead atoms. The van der Waals surface area contributed by atoms with Crippen molar-refractivity contribution in [3.05, 3.63) is 0 Å². The minimum absolute atomic E-state index is 0. The number of nitrogens with one attached hydrogen (secondary N) is 3. The molecule has 2 saturated heterocycles. The first-order valence-corrected chi connectivity index (χ1v) is 14.8. The fraction of sp³-hybridized carbons (Fsp3) is 0.821. The zero-order valence-electron chi connectivity index (χ0n) is 24.3. The maximum Gasteiger partial charge on any atom is 0.511 e. The summed E-state index contributed by atoms with van der Waals surface area (Å²) < 4.78 is 15.5. The second-order valence-corrected chi connectivity index (χ2v) is 11.2. The first kappa shape index (κ1) is 34.6. The summed E-state index contributed by atoms with van der Waals surface area (Å²) in [7, 11) is 0. The molecular weight excluding hydrogens is 556 g/mol. The van der Waals surface area contributed by atoms with E-state index in [9.17, 15) is 24.0 Å². The van der Waals surface area contributed by atoms with E-state index in [2.05, 4.69) is 16.0 Å². The van der Waals surface area contributed by atoms with Crippen LogP contribution in [0, 0.1) is 11.8 Å². The second kappa shape index (κ2) is 18.0. The van der Waals surface area contributed by atoms with E-state index in [0.29, 0.717) is 31.8 Å². The lowest BCUT2D eigenvalue weighted by atomic mass is 9.92. The summed E-state index contributed by atoms with van der Waals surface area (Å²) in [5.74, 6) is -1.39. The maximum absolute atomic E-state index is 12.9. The van der Waals surface area contributed by atoms with Gasteiger partial charge < -0.3 is 35.1 Å². The van der Waals surface area contributed by atoms with E-state index in [0.717, 1.165) is 70.9 Å². The van der Waals surface area contributed by atoms with E-state index >= 15 is 0 Å². The number of carbonyl (C=O) groups is 5. The van der Waals surface area contributed by atoms with E-state index in [1.165, 1.54) is 13.8 Å². The number of likely N-dealkylation sites (tertiary alicyclic amines) is 1. The highest BCUT2D eigenvalue weighted by Gasteiger charge is 2.31. The van der Waals surface area contributed by atoms with Gasteiger partial charge in [-0.15, -0.1) is 12.4 Å². The smallest absolute Gasteiger partial charge is 0.431 e. The molecule has 13 heteroatoms. The Morgan fingerprint density at radius 1 is 0.951 bits per heavy atom. The summed E-state index contributed by atoms with van der Waals surface area (Å²) in [6, 6.07) is -1.17. The fourth-order valence-corrected chi connectivity index (χ4v) is 5.61. The molecule has 0 spiro atoms.